The molecule has 0 saturated heterocycles. The summed E-state index contributed by atoms with van der Waals surface area (Å²) in [7, 11) is 1.55. The van der Waals surface area contributed by atoms with Crippen LogP contribution in [-0.4, -0.2) is 18.2 Å². The maximum absolute atomic E-state index is 10.8. The van der Waals surface area contributed by atoms with Crippen LogP contribution < -0.4 is 10.5 Å². The Balaban J connectivity index is 3.18. The molecule has 0 aliphatic rings. The summed E-state index contributed by atoms with van der Waals surface area (Å²) in [5, 5.41) is 8.86. The Morgan fingerprint density at radius 3 is 2.31 bits per heavy atom. The summed E-state index contributed by atoms with van der Waals surface area (Å²) in [5.41, 5.74) is 7.16. The molecule has 1 aromatic rings. The third-order valence-electron chi connectivity index (χ3n) is 2.48. The minimum absolute atomic E-state index is 0.301. The molecule has 4 nitrogen and oxygen atoms in total. The van der Waals surface area contributed by atoms with E-state index in [-0.39, 0.29) is 0 Å². The van der Waals surface area contributed by atoms with Crippen LogP contribution in [-0.2, 0) is 4.79 Å². The molecular weight excluding hydrogens is 206 g/mol. The van der Waals surface area contributed by atoms with Gasteiger partial charge in [0.25, 0.3) is 0 Å². The number of methoxy groups -OCH3 is 1. The molecule has 3 N–H and O–H groups in total. The van der Waals surface area contributed by atoms with E-state index in [1.807, 2.05) is 26.0 Å². The van der Waals surface area contributed by atoms with Crippen LogP contribution in [0.25, 0.3) is 0 Å². The van der Waals surface area contributed by atoms with Gasteiger partial charge in [0.05, 0.1) is 7.11 Å². The second-order valence-corrected chi connectivity index (χ2v) is 4.01. The average molecular weight is 223 g/mol. The number of rotatable bonds is 4. The molecule has 1 aromatic carbocycles. The van der Waals surface area contributed by atoms with Crippen LogP contribution in [0.1, 0.15) is 36.9 Å². The lowest BCUT2D eigenvalue weighted by Gasteiger charge is -2.13. The Labute approximate surface area is 95.0 Å². The number of hydrogen-bond donors (Lipinski definition) is 2. The van der Waals surface area contributed by atoms with E-state index in [9.17, 15) is 4.79 Å². The summed E-state index contributed by atoms with van der Waals surface area (Å²) in [5.74, 6) is -0.101. The molecule has 0 spiro atoms. The van der Waals surface area contributed by atoms with Gasteiger partial charge in [-0.3, -0.25) is 4.79 Å². The zero-order valence-corrected chi connectivity index (χ0v) is 9.73. The van der Waals surface area contributed by atoms with E-state index < -0.39 is 12.0 Å². The number of carboxylic acids is 1. The van der Waals surface area contributed by atoms with Crippen molar-refractivity contribution in [1.29, 1.82) is 0 Å². The van der Waals surface area contributed by atoms with Crippen molar-refractivity contribution in [2.24, 2.45) is 5.73 Å². The highest BCUT2D eigenvalue weighted by Gasteiger charge is 2.16. The molecule has 1 rings (SSSR count). The second kappa shape index (κ2) is 4.99. The summed E-state index contributed by atoms with van der Waals surface area (Å²) in [6, 6.07) is 4.35. The third-order valence-corrected chi connectivity index (χ3v) is 2.48. The number of hydrogen-bond acceptors (Lipinski definition) is 3. The fraction of sp³-hybridized carbons (Fsp3) is 0.417. The topological polar surface area (TPSA) is 72.5 Å². The van der Waals surface area contributed by atoms with Crippen LogP contribution in [0.3, 0.4) is 0 Å². The smallest absolute Gasteiger partial charge is 0.325 e. The van der Waals surface area contributed by atoms with Crippen molar-refractivity contribution < 1.29 is 14.6 Å². The van der Waals surface area contributed by atoms with Crippen molar-refractivity contribution in [2.75, 3.05) is 7.11 Å². The first-order chi connectivity index (χ1) is 7.45. The van der Waals surface area contributed by atoms with E-state index >= 15 is 0 Å². The lowest BCUT2D eigenvalue weighted by molar-refractivity contribution is -0.138. The minimum atomic E-state index is -1.04. The molecule has 0 saturated carbocycles. The lowest BCUT2D eigenvalue weighted by Crippen LogP contribution is -2.20. The maximum Gasteiger partial charge on any atom is 0.325 e. The maximum atomic E-state index is 10.8. The number of carboxylic acid groups (broad SMARTS) is 1. The summed E-state index contributed by atoms with van der Waals surface area (Å²) >= 11 is 0. The summed E-state index contributed by atoms with van der Waals surface area (Å²) in [6.07, 6.45) is 0. The lowest BCUT2D eigenvalue weighted by atomic mass is 9.97. The van der Waals surface area contributed by atoms with Gasteiger partial charge in [-0.05, 0) is 29.2 Å². The summed E-state index contributed by atoms with van der Waals surface area (Å²) in [4.78, 5) is 10.8. The molecule has 1 unspecified atom stereocenters. The van der Waals surface area contributed by atoms with Gasteiger partial charge in [0, 0.05) is 0 Å². The first kappa shape index (κ1) is 12.5. The Morgan fingerprint density at radius 1 is 1.31 bits per heavy atom. The van der Waals surface area contributed by atoms with Crippen LogP contribution in [0.15, 0.2) is 18.2 Å². The fourth-order valence-corrected chi connectivity index (χ4v) is 1.42. The van der Waals surface area contributed by atoms with E-state index in [0.717, 1.165) is 5.56 Å². The highest BCUT2D eigenvalue weighted by Crippen LogP contribution is 2.25. The zero-order chi connectivity index (χ0) is 12.3. The average Bonchev–Trinajstić information content (AvgIpc) is 2.27. The van der Waals surface area contributed by atoms with Crippen LogP contribution in [0.4, 0.5) is 0 Å². The zero-order valence-electron chi connectivity index (χ0n) is 9.73. The third kappa shape index (κ3) is 2.73. The Morgan fingerprint density at radius 2 is 1.88 bits per heavy atom. The van der Waals surface area contributed by atoms with Gasteiger partial charge in [-0.2, -0.15) is 0 Å². The predicted octanol–water partition coefficient (Wildman–Crippen LogP) is 1.90. The molecule has 0 aromatic heterocycles. The van der Waals surface area contributed by atoms with E-state index in [4.69, 9.17) is 15.6 Å². The molecular formula is C12H17NO3. The quantitative estimate of drug-likeness (QED) is 0.817. The summed E-state index contributed by atoms with van der Waals surface area (Å²) < 4.78 is 5.13. The molecule has 0 radical (unpaired) electrons. The molecule has 1 atom stereocenters. The fourth-order valence-electron chi connectivity index (χ4n) is 1.42. The van der Waals surface area contributed by atoms with E-state index in [0.29, 0.717) is 17.2 Å². The number of nitrogens with two attached hydrogens (primary N) is 1. The van der Waals surface area contributed by atoms with Gasteiger partial charge >= 0.3 is 5.97 Å². The highest BCUT2D eigenvalue weighted by molar-refractivity contribution is 5.75. The van der Waals surface area contributed by atoms with Gasteiger partial charge in [-0.1, -0.05) is 19.9 Å². The molecule has 0 aliphatic heterocycles. The van der Waals surface area contributed by atoms with Gasteiger partial charge < -0.3 is 15.6 Å². The Kier molecular flexibility index (Phi) is 3.90. The van der Waals surface area contributed by atoms with E-state index in [1.54, 1.807) is 13.2 Å². The van der Waals surface area contributed by atoms with Crippen LogP contribution in [0, 0.1) is 0 Å². The van der Waals surface area contributed by atoms with Gasteiger partial charge in [0.1, 0.15) is 11.8 Å². The first-order valence-corrected chi connectivity index (χ1v) is 5.13. The van der Waals surface area contributed by atoms with Gasteiger partial charge in [0.15, 0.2) is 0 Å². The normalized spacial score (nSPS) is 12.6. The molecule has 0 fully saturated rings. The number of benzene rings is 1. The molecule has 88 valence electrons. The highest BCUT2D eigenvalue weighted by atomic mass is 16.5. The van der Waals surface area contributed by atoms with Crippen LogP contribution >= 0.6 is 0 Å². The number of carbonyl (C=O) groups is 1. The van der Waals surface area contributed by atoms with Crippen LogP contribution in [0.2, 0.25) is 0 Å². The van der Waals surface area contributed by atoms with Crippen molar-refractivity contribution in [1.82, 2.24) is 0 Å². The van der Waals surface area contributed by atoms with Gasteiger partial charge in [-0.15, -0.1) is 0 Å². The molecule has 0 amide bonds. The second-order valence-electron chi connectivity index (χ2n) is 4.01. The van der Waals surface area contributed by atoms with Gasteiger partial charge in [0.2, 0.25) is 0 Å². The molecule has 0 aliphatic carbocycles. The molecule has 16 heavy (non-hydrogen) atoms. The SMILES string of the molecule is COc1cc(C(C)C)cc(C(N)C(=O)O)c1. The number of aliphatic carboxylic acids is 1. The molecule has 4 heteroatoms. The first-order valence-electron chi connectivity index (χ1n) is 5.13. The summed E-state index contributed by atoms with van der Waals surface area (Å²) in [6.45, 7) is 4.07. The van der Waals surface area contributed by atoms with Crippen molar-refractivity contribution in [3.05, 3.63) is 29.3 Å². The largest absolute Gasteiger partial charge is 0.497 e. The Hall–Kier alpha value is -1.55. The van der Waals surface area contributed by atoms with Gasteiger partial charge in [-0.25, -0.2) is 0 Å². The standard InChI is InChI=1S/C12H17NO3/c1-7(2)8-4-9(11(13)12(14)15)6-10(5-8)16-3/h4-7,11H,13H2,1-3H3,(H,14,15). The van der Waals surface area contributed by atoms with E-state index in [1.165, 1.54) is 0 Å². The van der Waals surface area contributed by atoms with Crippen molar-refractivity contribution in [2.45, 2.75) is 25.8 Å². The monoisotopic (exact) mass is 223 g/mol. The Bertz CT molecular complexity index is 388. The van der Waals surface area contributed by atoms with Crippen molar-refractivity contribution in [3.63, 3.8) is 0 Å². The predicted molar refractivity (Wildman–Crippen MR) is 61.6 cm³/mol. The van der Waals surface area contributed by atoms with Crippen molar-refractivity contribution >= 4 is 5.97 Å². The molecule has 0 heterocycles. The van der Waals surface area contributed by atoms with E-state index in [2.05, 4.69) is 0 Å². The minimum Gasteiger partial charge on any atom is -0.497 e. The van der Waals surface area contributed by atoms with Crippen LogP contribution in [0.5, 0.6) is 5.75 Å². The number of ether oxygens (including phenoxy) is 1. The molecule has 0 bridgehead atoms. The van der Waals surface area contributed by atoms with Crippen molar-refractivity contribution in [3.8, 4) is 5.75 Å².